The van der Waals surface area contributed by atoms with Crippen LogP contribution in [0.25, 0.3) is 11.1 Å². The molecule has 0 spiro atoms. The highest BCUT2D eigenvalue weighted by Crippen LogP contribution is 2.28. The summed E-state index contributed by atoms with van der Waals surface area (Å²) in [6, 6.07) is 19.9. The molecule has 1 fully saturated rings. The second-order valence-corrected chi connectivity index (χ2v) is 8.68. The van der Waals surface area contributed by atoms with Gasteiger partial charge >= 0.3 is 6.09 Å². The maximum Gasteiger partial charge on any atom is 0.410 e. The summed E-state index contributed by atoms with van der Waals surface area (Å²) in [5, 5.41) is 0. The number of hydrogen-bond acceptors (Lipinski definition) is 3. The highest BCUT2D eigenvalue weighted by molar-refractivity contribution is 5.68. The lowest BCUT2D eigenvalue weighted by Gasteiger charge is -2.43. The number of nitrogens with zero attached hydrogens (tertiary/aromatic N) is 2. The van der Waals surface area contributed by atoms with E-state index >= 15 is 0 Å². The van der Waals surface area contributed by atoms with Gasteiger partial charge in [0.2, 0.25) is 0 Å². The average Bonchev–Trinajstić information content (AvgIpc) is 2.67. The number of hydrogen-bond donors (Lipinski definition) is 0. The molecule has 2 aromatic rings. The molecule has 28 heavy (non-hydrogen) atoms. The largest absolute Gasteiger partial charge is 0.444 e. The van der Waals surface area contributed by atoms with Crippen LogP contribution in [0.3, 0.4) is 0 Å². The van der Waals surface area contributed by atoms with Crippen LogP contribution in [-0.4, -0.2) is 47.2 Å². The van der Waals surface area contributed by atoms with E-state index in [0.717, 1.165) is 6.54 Å². The molecule has 0 aromatic heterocycles. The van der Waals surface area contributed by atoms with Gasteiger partial charge in [0.1, 0.15) is 5.60 Å². The molecule has 4 heteroatoms. The molecule has 4 nitrogen and oxygen atoms in total. The van der Waals surface area contributed by atoms with Gasteiger partial charge < -0.3 is 9.64 Å². The molecule has 3 rings (SSSR count). The summed E-state index contributed by atoms with van der Waals surface area (Å²) >= 11 is 0. The fraction of sp³-hybridized carbons (Fsp3) is 0.458. The van der Waals surface area contributed by atoms with Crippen LogP contribution >= 0.6 is 0 Å². The van der Waals surface area contributed by atoms with Gasteiger partial charge in [0.05, 0.1) is 0 Å². The number of benzene rings is 2. The highest BCUT2D eigenvalue weighted by Gasteiger charge is 2.32. The van der Waals surface area contributed by atoms with Crippen LogP contribution in [0.2, 0.25) is 0 Å². The Morgan fingerprint density at radius 1 is 1.00 bits per heavy atom. The third-order valence-corrected chi connectivity index (χ3v) is 5.33. The minimum atomic E-state index is -0.453. The van der Waals surface area contributed by atoms with Crippen molar-refractivity contribution in [1.29, 1.82) is 0 Å². The summed E-state index contributed by atoms with van der Waals surface area (Å²) < 4.78 is 5.53. The SMILES string of the molecule is CC1CN(C(=O)OC(C)(C)C)CCN1C(C)c1ccc(-c2ccccc2)cc1. The van der Waals surface area contributed by atoms with E-state index in [4.69, 9.17) is 4.74 Å². The van der Waals surface area contributed by atoms with Crippen LogP contribution < -0.4 is 0 Å². The molecule has 2 unspecified atom stereocenters. The van der Waals surface area contributed by atoms with Crippen LogP contribution in [0.1, 0.15) is 46.2 Å². The maximum atomic E-state index is 12.4. The Balaban J connectivity index is 1.64. The summed E-state index contributed by atoms with van der Waals surface area (Å²) in [5.41, 5.74) is 3.32. The Morgan fingerprint density at radius 2 is 1.61 bits per heavy atom. The summed E-state index contributed by atoms with van der Waals surface area (Å²) in [7, 11) is 0. The lowest BCUT2D eigenvalue weighted by Crippen LogP contribution is -2.54. The topological polar surface area (TPSA) is 32.8 Å². The zero-order valence-corrected chi connectivity index (χ0v) is 17.7. The third-order valence-electron chi connectivity index (χ3n) is 5.33. The molecule has 1 amide bonds. The second kappa shape index (κ2) is 8.36. The first kappa shape index (κ1) is 20.4. The van der Waals surface area contributed by atoms with E-state index in [1.54, 1.807) is 0 Å². The van der Waals surface area contributed by atoms with Gasteiger partial charge in [-0.05, 0) is 51.3 Å². The van der Waals surface area contributed by atoms with Crippen molar-refractivity contribution in [2.24, 2.45) is 0 Å². The van der Waals surface area contributed by atoms with Crippen molar-refractivity contribution >= 4 is 6.09 Å². The van der Waals surface area contributed by atoms with E-state index in [1.807, 2.05) is 31.7 Å². The number of amides is 1. The molecule has 0 N–H and O–H groups in total. The molecule has 0 saturated carbocycles. The van der Waals surface area contributed by atoms with Crippen molar-refractivity contribution in [3.8, 4) is 11.1 Å². The van der Waals surface area contributed by atoms with Crippen LogP contribution in [0, 0.1) is 0 Å². The fourth-order valence-corrected chi connectivity index (χ4v) is 3.82. The molecular formula is C24H32N2O2. The Bertz CT molecular complexity index is 781. The van der Waals surface area contributed by atoms with Gasteiger partial charge in [-0.15, -0.1) is 0 Å². The smallest absolute Gasteiger partial charge is 0.410 e. The van der Waals surface area contributed by atoms with Crippen molar-refractivity contribution in [3.63, 3.8) is 0 Å². The number of rotatable bonds is 3. The monoisotopic (exact) mass is 380 g/mol. The van der Waals surface area contributed by atoms with E-state index in [9.17, 15) is 4.79 Å². The highest BCUT2D eigenvalue weighted by atomic mass is 16.6. The van der Waals surface area contributed by atoms with E-state index < -0.39 is 5.60 Å². The summed E-state index contributed by atoms with van der Waals surface area (Å²) in [4.78, 5) is 16.7. The minimum Gasteiger partial charge on any atom is -0.444 e. The molecule has 1 aliphatic rings. The molecule has 150 valence electrons. The summed E-state index contributed by atoms with van der Waals surface area (Å²) in [5.74, 6) is 0. The van der Waals surface area contributed by atoms with Crippen molar-refractivity contribution in [2.75, 3.05) is 19.6 Å². The van der Waals surface area contributed by atoms with Gasteiger partial charge in [-0.25, -0.2) is 4.79 Å². The Kier molecular flexibility index (Phi) is 6.09. The molecule has 0 bridgehead atoms. The number of piperazine rings is 1. The Morgan fingerprint density at radius 3 is 2.18 bits per heavy atom. The molecule has 1 heterocycles. The van der Waals surface area contributed by atoms with Gasteiger partial charge in [0, 0.05) is 31.7 Å². The molecule has 0 aliphatic carbocycles. The summed E-state index contributed by atoms with van der Waals surface area (Å²) in [6.07, 6.45) is -0.209. The van der Waals surface area contributed by atoms with Crippen molar-refractivity contribution in [1.82, 2.24) is 9.80 Å². The molecule has 2 atom stereocenters. The van der Waals surface area contributed by atoms with Crippen LogP contribution in [0.4, 0.5) is 4.79 Å². The van der Waals surface area contributed by atoms with Gasteiger partial charge in [-0.3, -0.25) is 4.90 Å². The Labute approximate surface area is 169 Å². The molecule has 2 aromatic carbocycles. The molecule has 1 aliphatic heterocycles. The van der Waals surface area contributed by atoms with Crippen molar-refractivity contribution in [2.45, 2.75) is 52.3 Å². The second-order valence-electron chi connectivity index (χ2n) is 8.68. The summed E-state index contributed by atoms with van der Waals surface area (Å²) in [6.45, 7) is 12.4. The normalized spacial score (nSPS) is 19.3. The van der Waals surface area contributed by atoms with E-state index in [1.165, 1.54) is 16.7 Å². The zero-order chi connectivity index (χ0) is 20.3. The lowest BCUT2D eigenvalue weighted by molar-refractivity contribution is -0.000711. The van der Waals surface area contributed by atoms with Gasteiger partial charge in [-0.1, -0.05) is 54.6 Å². The van der Waals surface area contributed by atoms with Gasteiger partial charge in [0.25, 0.3) is 0 Å². The number of ether oxygens (including phenoxy) is 1. The molecule has 0 radical (unpaired) electrons. The zero-order valence-electron chi connectivity index (χ0n) is 17.7. The van der Waals surface area contributed by atoms with Crippen LogP contribution in [-0.2, 0) is 4.74 Å². The fourth-order valence-electron chi connectivity index (χ4n) is 3.82. The van der Waals surface area contributed by atoms with Crippen molar-refractivity contribution < 1.29 is 9.53 Å². The van der Waals surface area contributed by atoms with E-state index in [0.29, 0.717) is 19.1 Å². The quantitative estimate of drug-likeness (QED) is 0.719. The molecule has 1 saturated heterocycles. The predicted octanol–water partition coefficient (Wildman–Crippen LogP) is 5.36. The third kappa shape index (κ3) is 4.93. The first-order valence-electron chi connectivity index (χ1n) is 10.1. The molecular weight excluding hydrogens is 348 g/mol. The minimum absolute atomic E-state index is 0.209. The van der Waals surface area contributed by atoms with E-state index in [2.05, 4.69) is 67.3 Å². The standard InChI is InChI=1S/C24H32N2O2/c1-18-17-25(23(27)28-24(3,4)5)15-16-26(18)19(2)20-11-13-22(14-12-20)21-9-7-6-8-10-21/h6-14,18-19H,15-17H2,1-5H3. The van der Waals surface area contributed by atoms with Crippen molar-refractivity contribution in [3.05, 3.63) is 60.2 Å². The maximum absolute atomic E-state index is 12.4. The van der Waals surface area contributed by atoms with E-state index in [-0.39, 0.29) is 12.1 Å². The van der Waals surface area contributed by atoms with Crippen LogP contribution in [0.5, 0.6) is 0 Å². The first-order chi connectivity index (χ1) is 13.2. The average molecular weight is 381 g/mol. The predicted molar refractivity (Wildman–Crippen MR) is 114 cm³/mol. The van der Waals surface area contributed by atoms with Gasteiger partial charge in [-0.2, -0.15) is 0 Å². The Hall–Kier alpha value is -2.33. The first-order valence-corrected chi connectivity index (χ1v) is 10.1. The van der Waals surface area contributed by atoms with Crippen LogP contribution in [0.15, 0.2) is 54.6 Å². The van der Waals surface area contributed by atoms with Gasteiger partial charge in [0.15, 0.2) is 0 Å². The number of carbonyl (C=O) groups excluding carboxylic acids is 1. The number of carbonyl (C=O) groups is 1. The lowest BCUT2D eigenvalue weighted by atomic mass is 9.99.